The molecule has 0 radical (unpaired) electrons. The summed E-state index contributed by atoms with van der Waals surface area (Å²) in [4.78, 5) is 14.2. The van der Waals surface area contributed by atoms with Crippen LogP contribution in [0.5, 0.6) is 0 Å². The van der Waals surface area contributed by atoms with Gasteiger partial charge in [-0.25, -0.2) is 4.98 Å². The maximum absolute atomic E-state index is 10.6. The number of pyridine rings is 1. The summed E-state index contributed by atoms with van der Waals surface area (Å²) in [7, 11) is 0. The van der Waals surface area contributed by atoms with Gasteiger partial charge in [-0.3, -0.25) is 10.1 Å². The molecule has 0 unspecified atom stereocenters. The third-order valence-electron chi connectivity index (χ3n) is 2.46. The second kappa shape index (κ2) is 7.17. The molecule has 0 aliphatic carbocycles. The minimum atomic E-state index is -0.461. The van der Waals surface area contributed by atoms with Crippen LogP contribution in [0.4, 0.5) is 11.5 Å². The lowest BCUT2D eigenvalue weighted by Gasteiger charge is -2.18. The van der Waals surface area contributed by atoms with Crippen molar-refractivity contribution in [2.45, 2.75) is 19.4 Å². The molecule has 1 aromatic rings. The molecule has 0 fully saturated rings. The third-order valence-corrected chi connectivity index (χ3v) is 3.20. The molecule has 0 saturated carbocycles. The summed E-state index contributed by atoms with van der Waals surface area (Å²) in [6, 6.07) is 1.60. The van der Waals surface area contributed by atoms with Crippen molar-refractivity contribution in [3.05, 3.63) is 27.9 Å². The van der Waals surface area contributed by atoms with Gasteiger partial charge in [0.1, 0.15) is 12.0 Å². The number of aliphatic hydroxyl groups is 1. The van der Waals surface area contributed by atoms with Crippen molar-refractivity contribution in [3.63, 3.8) is 0 Å². The molecule has 0 aromatic carbocycles. The van der Waals surface area contributed by atoms with Gasteiger partial charge in [-0.05, 0) is 25.2 Å². The van der Waals surface area contributed by atoms with Gasteiger partial charge in [-0.1, -0.05) is 0 Å². The number of thioether (sulfide) groups is 1. The maximum atomic E-state index is 10.6. The van der Waals surface area contributed by atoms with Gasteiger partial charge < -0.3 is 10.4 Å². The first-order valence-electron chi connectivity index (χ1n) is 5.55. The number of nitrogens with one attached hydrogen (secondary N) is 1. The van der Waals surface area contributed by atoms with E-state index >= 15 is 0 Å². The Kier molecular flexibility index (Phi) is 5.87. The van der Waals surface area contributed by atoms with Gasteiger partial charge in [0.05, 0.1) is 4.92 Å². The van der Waals surface area contributed by atoms with Gasteiger partial charge in [0.2, 0.25) is 0 Å². The Morgan fingerprint density at radius 1 is 1.67 bits per heavy atom. The third kappa shape index (κ3) is 4.15. The van der Waals surface area contributed by atoms with Crippen LogP contribution in [0.1, 0.15) is 12.0 Å². The molecule has 1 rings (SSSR count). The summed E-state index contributed by atoms with van der Waals surface area (Å²) in [6.45, 7) is 1.88. The SMILES string of the molecule is CSC[C@@H](CCO)Nc1ncc([N+](=O)[O-])cc1C. The van der Waals surface area contributed by atoms with Crippen molar-refractivity contribution < 1.29 is 10.0 Å². The van der Waals surface area contributed by atoms with Crippen molar-refractivity contribution >= 4 is 23.3 Å². The molecule has 100 valence electrons. The number of aromatic nitrogens is 1. The fourth-order valence-corrected chi connectivity index (χ4v) is 2.21. The van der Waals surface area contributed by atoms with Gasteiger partial charge in [0.15, 0.2) is 0 Å². The highest BCUT2D eigenvalue weighted by Gasteiger charge is 2.13. The van der Waals surface area contributed by atoms with E-state index in [4.69, 9.17) is 5.11 Å². The molecule has 6 nitrogen and oxygen atoms in total. The first-order chi connectivity index (χ1) is 8.58. The lowest BCUT2D eigenvalue weighted by atomic mass is 10.2. The molecule has 7 heteroatoms. The average molecular weight is 271 g/mol. The second-order valence-corrected chi connectivity index (χ2v) is 4.84. The van der Waals surface area contributed by atoms with Crippen LogP contribution in [0.25, 0.3) is 0 Å². The van der Waals surface area contributed by atoms with E-state index in [1.54, 1.807) is 18.7 Å². The quantitative estimate of drug-likeness (QED) is 0.581. The van der Waals surface area contributed by atoms with Crippen molar-refractivity contribution in [2.75, 3.05) is 23.9 Å². The first-order valence-corrected chi connectivity index (χ1v) is 6.95. The van der Waals surface area contributed by atoms with Crippen LogP contribution in [0.2, 0.25) is 0 Å². The van der Waals surface area contributed by atoms with Crippen LogP contribution in [-0.4, -0.2) is 39.7 Å². The monoisotopic (exact) mass is 271 g/mol. The Labute approximate surface area is 110 Å². The van der Waals surface area contributed by atoms with Gasteiger partial charge in [0.25, 0.3) is 5.69 Å². The fraction of sp³-hybridized carbons (Fsp3) is 0.545. The van der Waals surface area contributed by atoms with Crippen molar-refractivity contribution in [3.8, 4) is 0 Å². The lowest BCUT2D eigenvalue weighted by Crippen LogP contribution is -2.24. The number of nitrogens with zero attached hydrogens (tertiary/aromatic N) is 2. The minimum Gasteiger partial charge on any atom is -0.396 e. The molecular weight excluding hydrogens is 254 g/mol. The minimum absolute atomic E-state index is 0.0124. The summed E-state index contributed by atoms with van der Waals surface area (Å²) >= 11 is 1.67. The number of rotatable bonds is 7. The van der Waals surface area contributed by atoms with E-state index in [-0.39, 0.29) is 18.3 Å². The standard InChI is InChI=1S/C11H17N3O3S/c1-8-5-10(14(16)17)6-12-11(8)13-9(3-4-15)7-18-2/h5-6,9,15H,3-4,7H2,1-2H3,(H,12,13)/t9-/m1/s1. The van der Waals surface area contributed by atoms with Crippen LogP contribution < -0.4 is 5.32 Å². The first kappa shape index (κ1) is 14.7. The summed E-state index contributed by atoms with van der Waals surface area (Å²) < 4.78 is 0. The van der Waals surface area contributed by atoms with E-state index in [0.29, 0.717) is 12.2 Å². The van der Waals surface area contributed by atoms with Crippen molar-refractivity contribution in [1.29, 1.82) is 0 Å². The second-order valence-electron chi connectivity index (χ2n) is 3.93. The molecule has 0 aliphatic heterocycles. The molecule has 0 spiro atoms. The highest BCUT2D eigenvalue weighted by Crippen LogP contribution is 2.19. The highest BCUT2D eigenvalue weighted by molar-refractivity contribution is 7.98. The summed E-state index contributed by atoms with van der Waals surface area (Å²) in [5.41, 5.74) is 0.717. The summed E-state index contributed by atoms with van der Waals surface area (Å²) in [5.74, 6) is 1.48. The Balaban J connectivity index is 2.79. The molecule has 0 amide bonds. The smallest absolute Gasteiger partial charge is 0.287 e. The topological polar surface area (TPSA) is 88.3 Å². The van der Waals surface area contributed by atoms with Crippen LogP contribution in [0.3, 0.4) is 0 Å². The molecule has 1 heterocycles. The van der Waals surface area contributed by atoms with E-state index in [1.165, 1.54) is 12.3 Å². The zero-order valence-electron chi connectivity index (χ0n) is 10.4. The average Bonchev–Trinajstić information content (AvgIpc) is 2.32. The Morgan fingerprint density at radius 2 is 2.39 bits per heavy atom. The molecule has 1 atom stereocenters. The predicted molar refractivity (Wildman–Crippen MR) is 73.1 cm³/mol. The van der Waals surface area contributed by atoms with E-state index in [0.717, 1.165) is 11.3 Å². The number of nitro groups is 1. The number of aliphatic hydroxyl groups excluding tert-OH is 1. The molecular formula is C11H17N3O3S. The Hall–Kier alpha value is -1.34. The summed E-state index contributed by atoms with van der Waals surface area (Å²) in [6.07, 6.45) is 3.85. The predicted octanol–water partition coefficient (Wildman–Crippen LogP) is 1.82. The number of hydrogen-bond acceptors (Lipinski definition) is 6. The normalized spacial score (nSPS) is 12.2. The van der Waals surface area contributed by atoms with Gasteiger partial charge in [-0.2, -0.15) is 11.8 Å². The van der Waals surface area contributed by atoms with Crippen LogP contribution in [-0.2, 0) is 0 Å². The maximum Gasteiger partial charge on any atom is 0.287 e. The van der Waals surface area contributed by atoms with Crippen molar-refractivity contribution in [2.24, 2.45) is 0 Å². The largest absolute Gasteiger partial charge is 0.396 e. The molecule has 0 bridgehead atoms. The Morgan fingerprint density at radius 3 is 2.89 bits per heavy atom. The van der Waals surface area contributed by atoms with Gasteiger partial charge >= 0.3 is 0 Å². The zero-order valence-corrected chi connectivity index (χ0v) is 11.2. The van der Waals surface area contributed by atoms with Gasteiger partial charge in [0, 0.05) is 24.5 Å². The molecule has 1 aromatic heterocycles. The Bertz CT molecular complexity index is 409. The highest BCUT2D eigenvalue weighted by atomic mass is 32.2. The van der Waals surface area contributed by atoms with Gasteiger partial charge in [-0.15, -0.1) is 0 Å². The van der Waals surface area contributed by atoms with Crippen molar-refractivity contribution in [1.82, 2.24) is 4.98 Å². The molecule has 0 saturated heterocycles. The number of aryl methyl sites for hydroxylation is 1. The molecule has 0 aliphatic rings. The number of anilines is 1. The zero-order chi connectivity index (χ0) is 13.5. The van der Waals surface area contributed by atoms with Crippen LogP contribution >= 0.6 is 11.8 Å². The van der Waals surface area contributed by atoms with Crippen LogP contribution in [0, 0.1) is 17.0 Å². The van der Waals surface area contributed by atoms with E-state index in [1.807, 2.05) is 6.26 Å². The fourth-order valence-electron chi connectivity index (χ4n) is 1.56. The number of hydrogen-bond donors (Lipinski definition) is 2. The van der Waals surface area contributed by atoms with E-state index in [2.05, 4.69) is 10.3 Å². The van der Waals surface area contributed by atoms with E-state index in [9.17, 15) is 10.1 Å². The molecule has 18 heavy (non-hydrogen) atoms. The van der Waals surface area contributed by atoms with Crippen LogP contribution in [0.15, 0.2) is 12.3 Å². The molecule has 2 N–H and O–H groups in total. The lowest BCUT2D eigenvalue weighted by molar-refractivity contribution is -0.385. The summed E-state index contributed by atoms with van der Waals surface area (Å²) in [5, 5.41) is 22.8. The van der Waals surface area contributed by atoms with E-state index < -0.39 is 4.92 Å².